The van der Waals surface area contributed by atoms with Crippen LogP contribution >= 0.6 is 12.2 Å². The van der Waals surface area contributed by atoms with E-state index in [1.807, 2.05) is 28.6 Å². The van der Waals surface area contributed by atoms with Crippen molar-refractivity contribution in [1.82, 2.24) is 19.3 Å². The lowest BCUT2D eigenvalue weighted by molar-refractivity contribution is -0.958. The number of aryl methyl sites for hydroxylation is 1. The van der Waals surface area contributed by atoms with Crippen molar-refractivity contribution in [3.63, 3.8) is 0 Å². The molecule has 2 heterocycles. The van der Waals surface area contributed by atoms with Gasteiger partial charge in [0, 0.05) is 37.1 Å². The van der Waals surface area contributed by atoms with Crippen molar-refractivity contribution >= 4 is 17.9 Å². The summed E-state index contributed by atoms with van der Waals surface area (Å²) in [5.41, 5.74) is 0.671. The van der Waals surface area contributed by atoms with Crippen molar-refractivity contribution < 1.29 is 14.2 Å². The van der Waals surface area contributed by atoms with Crippen LogP contribution in [0.5, 0.6) is 0 Å². The van der Waals surface area contributed by atoms with Crippen molar-refractivity contribution in [1.29, 1.82) is 0 Å². The van der Waals surface area contributed by atoms with Gasteiger partial charge in [-0.3, -0.25) is 14.7 Å². The van der Waals surface area contributed by atoms with Crippen LogP contribution in [0.2, 0.25) is 0 Å². The molecule has 1 unspecified atom stereocenters. The molecular formula is C17H21N6O3S+. The molecule has 1 aromatic carbocycles. The number of nitro groups is 1. The topological polar surface area (TPSA) is 96.4 Å². The number of nitrogens with zero attached hydrogens (tertiary/aromatic N) is 5. The van der Waals surface area contributed by atoms with Gasteiger partial charge in [-0.25, -0.2) is 0 Å². The third-order valence-electron chi connectivity index (χ3n) is 4.38. The molecule has 0 aliphatic carbocycles. The highest BCUT2D eigenvalue weighted by atomic mass is 32.1. The van der Waals surface area contributed by atoms with Gasteiger partial charge >= 0.3 is 0 Å². The van der Waals surface area contributed by atoms with Crippen molar-refractivity contribution in [2.24, 2.45) is 7.05 Å². The predicted octanol–water partition coefficient (Wildman–Crippen LogP) is 1.97. The largest absolute Gasteiger partial charge is 0.415 e. The van der Waals surface area contributed by atoms with Gasteiger partial charge in [0.25, 0.3) is 11.6 Å². The molecule has 0 saturated carbocycles. The Morgan fingerprint density at radius 1 is 1.26 bits per heavy atom. The molecule has 2 aromatic heterocycles. The van der Waals surface area contributed by atoms with E-state index < -0.39 is 4.92 Å². The van der Waals surface area contributed by atoms with Crippen LogP contribution < -0.4 is 4.90 Å². The molecule has 10 heteroatoms. The minimum absolute atomic E-state index is 0.0218. The first-order chi connectivity index (χ1) is 12.8. The van der Waals surface area contributed by atoms with Crippen LogP contribution in [0, 0.1) is 14.9 Å². The summed E-state index contributed by atoms with van der Waals surface area (Å²) in [6.45, 7) is 5.48. The lowest BCUT2D eigenvalue weighted by Crippen LogP contribution is -3.13. The van der Waals surface area contributed by atoms with E-state index in [0.717, 1.165) is 4.77 Å². The molecule has 0 fully saturated rings. The van der Waals surface area contributed by atoms with Crippen molar-refractivity contribution in [2.45, 2.75) is 33.1 Å². The van der Waals surface area contributed by atoms with Gasteiger partial charge in [0.15, 0.2) is 18.0 Å². The number of rotatable bonds is 7. The van der Waals surface area contributed by atoms with E-state index in [2.05, 4.69) is 24.0 Å². The van der Waals surface area contributed by atoms with E-state index in [1.54, 1.807) is 12.1 Å². The zero-order valence-corrected chi connectivity index (χ0v) is 16.1. The van der Waals surface area contributed by atoms with E-state index >= 15 is 0 Å². The number of benzene rings is 1. The van der Waals surface area contributed by atoms with Gasteiger partial charge in [0.1, 0.15) is 0 Å². The van der Waals surface area contributed by atoms with Crippen molar-refractivity contribution in [3.05, 3.63) is 57.4 Å². The molecule has 0 amide bonds. The fourth-order valence-electron chi connectivity index (χ4n) is 2.65. The number of nitro benzene ring substituents is 1. The second-order valence-electron chi connectivity index (χ2n) is 6.61. The molecule has 0 saturated heterocycles. The van der Waals surface area contributed by atoms with Gasteiger partial charge in [0.05, 0.1) is 11.0 Å². The van der Waals surface area contributed by atoms with Gasteiger partial charge in [-0.15, -0.1) is 10.2 Å². The number of quaternary nitrogens is 1. The second-order valence-corrected chi connectivity index (χ2v) is 6.98. The van der Waals surface area contributed by atoms with Crippen LogP contribution in [-0.2, 0) is 20.3 Å². The van der Waals surface area contributed by atoms with E-state index in [9.17, 15) is 10.1 Å². The Kier molecular flexibility index (Phi) is 5.47. The lowest BCUT2D eigenvalue weighted by Gasteiger charge is -2.22. The Hall–Kier alpha value is -2.85. The van der Waals surface area contributed by atoms with Crippen LogP contribution in [0.4, 0.5) is 5.69 Å². The van der Waals surface area contributed by atoms with Crippen LogP contribution in [0.15, 0.2) is 41.1 Å². The standard InChI is InChI=1S/C17H20N6O3S/c1-12(2)22(11-21-9-8-20(3)17(21)27)10-15-18-19-16(26-15)13-4-6-14(7-5-13)23(24)25/h4-9,12H,10-11H2,1-3H3/p+1. The number of nitrogens with one attached hydrogen (secondary N) is 1. The van der Waals surface area contributed by atoms with Crippen molar-refractivity contribution in [2.75, 3.05) is 0 Å². The average molecular weight is 389 g/mol. The normalized spacial score (nSPS) is 12.4. The zero-order chi connectivity index (χ0) is 19.6. The Morgan fingerprint density at radius 3 is 2.52 bits per heavy atom. The molecule has 3 aromatic rings. The third kappa shape index (κ3) is 4.29. The van der Waals surface area contributed by atoms with Gasteiger partial charge in [-0.1, -0.05) is 0 Å². The maximum Gasteiger partial charge on any atom is 0.271 e. The Morgan fingerprint density at radius 2 is 1.96 bits per heavy atom. The maximum absolute atomic E-state index is 10.8. The van der Waals surface area contributed by atoms with Crippen LogP contribution in [-0.4, -0.2) is 30.3 Å². The molecule has 1 N–H and O–H groups in total. The fourth-order valence-corrected chi connectivity index (χ4v) is 2.84. The first kappa shape index (κ1) is 18.9. The summed E-state index contributed by atoms with van der Waals surface area (Å²) >= 11 is 5.41. The number of hydrogen-bond acceptors (Lipinski definition) is 6. The highest BCUT2D eigenvalue weighted by Crippen LogP contribution is 2.21. The van der Waals surface area contributed by atoms with E-state index in [0.29, 0.717) is 36.6 Å². The summed E-state index contributed by atoms with van der Waals surface area (Å²) in [6.07, 6.45) is 3.89. The van der Waals surface area contributed by atoms with Gasteiger partial charge in [-0.05, 0) is 38.2 Å². The molecule has 142 valence electrons. The summed E-state index contributed by atoms with van der Waals surface area (Å²) in [6, 6.07) is 6.36. The summed E-state index contributed by atoms with van der Waals surface area (Å²) < 4.78 is 10.4. The second kappa shape index (κ2) is 7.80. The quantitative estimate of drug-likeness (QED) is 0.377. The molecule has 0 bridgehead atoms. The number of hydrogen-bond donors (Lipinski definition) is 1. The summed E-state index contributed by atoms with van der Waals surface area (Å²) in [4.78, 5) is 11.5. The maximum atomic E-state index is 10.8. The summed E-state index contributed by atoms with van der Waals surface area (Å²) in [5.74, 6) is 0.855. The average Bonchev–Trinajstić information content (AvgIpc) is 3.23. The third-order valence-corrected chi connectivity index (χ3v) is 4.90. The summed E-state index contributed by atoms with van der Waals surface area (Å²) in [5, 5.41) is 19.0. The smallest absolute Gasteiger partial charge is 0.271 e. The van der Waals surface area contributed by atoms with E-state index in [1.165, 1.54) is 17.0 Å². The van der Waals surface area contributed by atoms with Crippen LogP contribution in [0.3, 0.4) is 0 Å². The molecule has 0 aliphatic rings. The lowest BCUT2D eigenvalue weighted by atomic mass is 10.2. The number of non-ortho nitro benzene ring substituents is 1. The van der Waals surface area contributed by atoms with Gasteiger partial charge < -0.3 is 13.9 Å². The first-order valence-corrected chi connectivity index (χ1v) is 8.89. The predicted molar refractivity (Wildman–Crippen MR) is 100 cm³/mol. The van der Waals surface area contributed by atoms with Crippen LogP contribution in [0.1, 0.15) is 19.7 Å². The molecular weight excluding hydrogens is 368 g/mol. The highest BCUT2D eigenvalue weighted by Gasteiger charge is 2.20. The molecule has 3 rings (SSSR count). The van der Waals surface area contributed by atoms with E-state index in [4.69, 9.17) is 16.6 Å². The van der Waals surface area contributed by atoms with Gasteiger partial charge in [0.2, 0.25) is 5.89 Å². The molecule has 0 radical (unpaired) electrons. The first-order valence-electron chi connectivity index (χ1n) is 8.48. The number of imidazole rings is 1. The molecule has 0 spiro atoms. The molecule has 0 aliphatic heterocycles. The van der Waals surface area contributed by atoms with Crippen molar-refractivity contribution in [3.8, 4) is 11.5 Å². The monoisotopic (exact) mass is 389 g/mol. The van der Waals surface area contributed by atoms with Gasteiger partial charge in [-0.2, -0.15) is 0 Å². The minimum Gasteiger partial charge on any atom is -0.415 e. The summed E-state index contributed by atoms with van der Waals surface area (Å²) in [7, 11) is 1.92. The number of aromatic nitrogens is 4. The van der Waals surface area contributed by atoms with E-state index in [-0.39, 0.29) is 5.69 Å². The SMILES string of the molecule is CC(C)[NH+](Cc1nnc(-c2ccc([N+](=O)[O-])cc2)o1)Cn1ccn(C)c1=S. The molecule has 9 nitrogen and oxygen atoms in total. The minimum atomic E-state index is -0.443. The fraction of sp³-hybridized carbons (Fsp3) is 0.353. The zero-order valence-electron chi connectivity index (χ0n) is 15.3. The Labute approximate surface area is 161 Å². The molecule has 27 heavy (non-hydrogen) atoms. The highest BCUT2D eigenvalue weighted by molar-refractivity contribution is 7.71. The van der Waals surface area contributed by atoms with Crippen LogP contribution in [0.25, 0.3) is 11.5 Å². The Balaban J connectivity index is 1.75. The molecule has 1 atom stereocenters. The Bertz CT molecular complexity index is 989.